The first-order valence-electron chi connectivity index (χ1n) is 7.40. The highest BCUT2D eigenvalue weighted by Crippen LogP contribution is 2.36. The van der Waals surface area contributed by atoms with Gasteiger partial charge in [-0.05, 0) is 23.8 Å². The van der Waals surface area contributed by atoms with Crippen molar-refractivity contribution in [3.8, 4) is 0 Å². The predicted octanol–water partition coefficient (Wildman–Crippen LogP) is 3.61. The molecule has 5 nitrogen and oxygen atoms in total. The summed E-state index contributed by atoms with van der Waals surface area (Å²) in [6, 6.07) is 12.5. The number of ether oxygens (including phenoxy) is 1. The fourth-order valence-electron chi connectivity index (χ4n) is 2.46. The number of benzene rings is 2. The zero-order valence-electron chi connectivity index (χ0n) is 13.0. The van der Waals surface area contributed by atoms with Crippen LogP contribution in [0.25, 0.3) is 0 Å². The van der Waals surface area contributed by atoms with Crippen molar-refractivity contribution in [2.24, 2.45) is 5.73 Å². The van der Waals surface area contributed by atoms with E-state index in [1.807, 2.05) is 0 Å². The van der Waals surface area contributed by atoms with Crippen LogP contribution in [0.3, 0.4) is 0 Å². The van der Waals surface area contributed by atoms with E-state index in [9.17, 15) is 12.8 Å². The summed E-state index contributed by atoms with van der Waals surface area (Å²) < 4.78 is 48.5. The van der Waals surface area contributed by atoms with Gasteiger partial charge in [0.25, 0.3) is 0 Å². The zero-order chi connectivity index (χ0) is 18.0. The van der Waals surface area contributed by atoms with Gasteiger partial charge in [0.1, 0.15) is 17.7 Å². The minimum atomic E-state index is -4.06. The van der Waals surface area contributed by atoms with E-state index >= 15 is 0 Å². The third kappa shape index (κ3) is 4.24. The van der Waals surface area contributed by atoms with Gasteiger partial charge in [-0.1, -0.05) is 41.9 Å². The normalized spacial score (nSPS) is 17.4. The standard InChI is InChI=1S/C17H15ClFNO4S/c18-13-7-5-11(6-8-13)15-9-16(17(20)23-15)24-25(21,22)10-12-3-1-2-4-14(12)19/h1-8,15H,9-10,20H2/t15-/m0/s1. The maximum Gasteiger partial charge on any atom is 0.313 e. The first kappa shape index (κ1) is 17.6. The van der Waals surface area contributed by atoms with Gasteiger partial charge < -0.3 is 14.7 Å². The van der Waals surface area contributed by atoms with E-state index in [2.05, 4.69) is 0 Å². The van der Waals surface area contributed by atoms with Gasteiger partial charge in [0.05, 0.1) is 6.42 Å². The lowest BCUT2D eigenvalue weighted by Crippen LogP contribution is -2.11. The second-order valence-corrected chi connectivity index (χ2v) is 7.53. The lowest BCUT2D eigenvalue weighted by molar-refractivity contribution is 0.143. The molecule has 1 aliphatic heterocycles. The molecule has 8 heteroatoms. The zero-order valence-corrected chi connectivity index (χ0v) is 14.6. The molecular weight excluding hydrogens is 369 g/mol. The van der Waals surface area contributed by atoms with Crippen LogP contribution in [-0.4, -0.2) is 8.42 Å². The van der Waals surface area contributed by atoms with Crippen LogP contribution in [0.15, 0.2) is 60.2 Å². The molecule has 0 amide bonds. The smallest absolute Gasteiger partial charge is 0.313 e. The molecule has 0 saturated heterocycles. The number of hydrogen-bond donors (Lipinski definition) is 1. The molecule has 25 heavy (non-hydrogen) atoms. The number of nitrogens with two attached hydrogens (primary N) is 1. The molecular formula is C17H15ClFNO4S. The van der Waals surface area contributed by atoms with E-state index in [4.69, 9.17) is 26.3 Å². The summed E-state index contributed by atoms with van der Waals surface area (Å²) in [6.07, 6.45) is -0.305. The van der Waals surface area contributed by atoms with Gasteiger partial charge in [-0.2, -0.15) is 8.42 Å². The van der Waals surface area contributed by atoms with E-state index in [-0.39, 0.29) is 23.6 Å². The van der Waals surface area contributed by atoms with Crippen molar-refractivity contribution >= 4 is 21.7 Å². The fraction of sp³-hybridized carbons (Fsp3) is 0.176. The molecule has 0 aliphatic carbocycles. The predicted molar refractivity (Wildman–Crippen MR) is 91.2 cm³/mol. The van der Waals surface area contributed by atoms with Crippen LogP contribution in [0, 0.1) is 5.82 Å². The van der Waals surface area contributed by atoms with Gasteiger partial charge in [-0.3, -0.25) is 0 Å². The SMILES string of the molecule is NC1=C(OS(=O)(=O)Cc2ccccc2F)C[C@@H](c2ccc(Cl)cc2)O1. The second-order valence-electron chi connectivity index (χ2n) is 5.53. The molecule has 132 valence electrons. The summed E-state index contributed by atoms with van der Waals surface area (Å²) in [4.78, 5) is 0. The lowest BCUT2D eigenvalue weighted by Gasteiger charge is -2.11. The van der Waals surface area contributed by atoms with E-state index in [0.717, 1.165) is 5.56 Å². The third-order valence-corrected chi connectivity index (χ3v) is 5.05. The molecule has 2 N–H and O–H groups in total. The van der Waals surface area contributed by atoms with Gasteiger partial charge >= 0.3 is 10.1 Å². The minimum Gasteiger partial charge on any atom is -0.468 e. The number of hydrogen-bond acceptors (Lipinski definition) is 5. The Morgan fingerprint density at radius 2 is 1.88 bits per heavy atom. The van der Waals surface area contributed by atoms with Crippen LogP contribution in [0.4, 0.5) is 4.39 Å². The van der Waals surface area contributed by atoms with Gasteiger partial charge in [0, 0.05) is 10.6 Å². The topological polar surface area (TPSA) is 78.6 Å². The molecule has 0 radical (unpaired) electrons. The largest absolute Gasteiger partial charge is 0.468 e. The molecule has 0 unspecified atom stereocenters. The Morgan fingerprint density at radius 1 is 1.20 bits per heavy atom. The molecule has 1 atom stereocenters. The van der Waals surface area contributed by atoms with Crippen molar-refractivity contribution in [2.45, 2.75) is 18.3 Å². The molecule has 3 rings (SSSR count). The number of rotatable bonds is 5. The summed E-state index contributed by atoms with van der Waals surface area (Å²) >= 11 is 5.84. The van der Waals surface area contributed by atoms with Crippen LogP contribution in [-0.2, 0) is 24.8 Å². The molecule has 0 saturated carbocycles. The van der Waals surface area contributed by atoms with Crippen molar-refractivity contribution < 1.29 is 21.7 Å². The van der Waals surface area contributed by atoms with Crippen molar-refractivity contribution in [3.05, 3.63) is 82.1 Å². The second kappa shape index (κ2) is 6.93. The minimum absolute atomic E-state index is 0.0105. The first-order chi connectivity index (χ1) is 11.8. The van der Waals surface area contributed by atoms with Gasteiger partial charge in [-0.15, -0.1) is 0 Å². The molecule has 0 spiro atoms. The summed E-state index contributed by atoms with van der Waals surface area (Å²) in [7, 11) is -4.06. The van der Waals surface area contributed by atoms with Crippen molar-refractivity contribution in [1.82, 2.24) is 0 Å². The van der Waals surface area contributed by atoms with Crippen molar-refractivity contribution in [2.75, 3.05) is 0 Å². The Labute approximate surface area is 149 Å². The molecule has 1 heterocycles. The Bertz CT molecular complexity index is 913. The summed E-state index contributed by atoms with van der Waals surface area (Å²) in [5.41, 5.74) is 6.55. The Kier molecular flexibility index (Phi) is 4.87. The van der Waals surface area contributed by atoms with Crippen molar-refractivity contribution in [1.29, 1.82) is 0 Å². The van der Waals surface area contributed by atoms with E-state index in [1.165, 1.54) is 18.2 Å². The summed E-state index contributed by atoms with van der Waals surface area (Å²) in [6.45, 7) is 0. The Hall–Kier alpha value is -2.25. The molecule has 2 aromatic carbocycles. The highest BCUT2D eigenvalue weighted by atomic mass is 35.5. The first-order valence-corrected chi connectivity index (χ1v) is 9.36. The highest BCUT2D eigenvalue weighted by Gasteiger charge is 2.30. The lowest BCUT2D eigenvalue weighted by atomic mass is 10.1. The highest BCUT2D eigenvalue weighted by molar-refractivity contribution is 7.86. The van der Waals surface area contributed by atoms with Gasteiger partial charge in [0.2, 0.25) is 5.88 Å². The summed E-state index contributed by atoms with van der Waals surface area (Å²) in [5, 5.41) is 0.576. The van der Waals surface area contributed by atoms with E-state index < -0.39 is 27.8 Å². The fourth-order valence-corrected chi connectivity index (χ4v) is 3.71. The van der Waals surface area contributed by atoms with Gasteiger partial charge in [-0.25, -0.2) is 4.39 Å². The van der Waals surface area contributed by atoms with Crippen LogP contribution in [0.2, 0.25) is 5.02 Å². The van der Waals surface area contributed by atoms with Crippen molar-refractivity contribution in [3.63, 3.8) is 0 Å². The van der Waals surface area contributed by atoms with E-state index in [1.54, 1.807) is 30.3 Å². The maximum absolute atomic E-state index is 13.6. The van der Waals surface area contributed by atoms with Crippen LogP contribution >= 0.6 is 11.6 Å². The molecule has 0 aromatic heterocycles. The van der Waals surface area contributed by atoms with Gasteiger partial charge in [0.15, 0.2) is 5.76 Å². The van der Waals surface area contributed by atoms with E-state index in [0.29, 0.717) is 5.02 Å². The molecule has 2 aromatic rings. The van der Waals surface area contributed by atoms with Crippen LogP contribution in [0.5, 0.6) is 0 Å². The average molecular weight is 384 g/mol. The molecule has 0 bridgehead atoms. The third-order valence-electron chi connectivity index (χ3n) is 3.67. The monoisotopic (exact) mass is 383 g/mol. The Morgan fingerprint density at radius 3 is 2.56 bits per heavy atom. The summed E-state index contributed by atoms with van der Waals surface area (Å²) in [5.74, 6) is -1.30. The number of halogens is 2. The Balaban J connectivity index is 1.71. The molecule has 1 aliphatic rings. The quantitative estimate of drug-likeness (QED) is 0.798. The maximum atomic E-state index is 13.6. The van der Waals surface area contributed by atoms with Crippen LogP contribution in [0.1, 0.15) is 23.7 Å². The average Bonchev–Trinajstić information content (AvgIpc) is 2.90. The molecule has 0 fully saturated rings. The van der Waals surface area contributed by atoms with Crippen LogP contribution < -0.4 is 5.73 Å².